The lowest BCUT2D eigenvalue weighted by Gasteiger charge is -2.12. The van der Waals surface area contributed by atoms with Gasteiger partial charge in [0.2, 0.25) is 0 Å². The summed E-state index contributed by atoms with van der Waals surface area (Å²) in [6, 6.07) is 7.75. The highest BCUT2D eigenvalue weighted by molar-refractivity contribution is 6.30. The van der Waals surface area contributed by atoms with E-state index in [2.05, 4.69) is 32.7 Å². The van der Waals surface area contributed by atoms with Gasteiger partial charge in [0.1, 0.15) is 12.2 Å². The van der Waals surface area contributed by atoms with Crippen LogP contribution in [0.5, 0.6) is 0 Å². The number of aryl methyl sites for hydroxylation is 1. The van der Waals surface area contributed by atoms with Crippen LogP contribution in [0.25, 0.3) is 0 Å². The molecule has 2 aromatic rings. The first-order valence-corrected chi connectivity index (χ1v) is 7.66. The Kier molecular flexibility index (Phi) is 6.21. The highest BCUT2D eigenvalue weighted by atomic mass is 35.5. The van der Waals surface area contributed by atoms with Gasteiger partial charge in [-0.1, -0.05) is 30.7 Å². The van der Waals surface area contributed by atoms with Crippen LogP contribution in [0.4, 0.5) is 0 Å². The van der Waals surface area contributed by atoms with E-state index in [1.807, 2.05) is 28.8 Å². The number of rotatable bonds is 6. The Bertz CT molecular complexity index is 605. The van der Waals surface area contributed by atoms with Crippen LogP contribution in [0, 0.1) is 0 Å². The van der Waals surface area contributed by atoms with Gasteiger partial charge in [-0.25, -0.2) is 0 Å². The molecule has 0 fully saturated rings. The second-order valence-corrected chi connectivity index (χ2v) is 5.21. The van der Waals surface area contributed by atoms with Crippen molar-refractivity contribution >= 4 is 17.6 Å². The predicted octanol–water partition coefficient (Wildman–Crippen LogP) is 1.86. The molecule has 2 rings (SSSR count). The van der Waals surface area contributed by atoms with Crippen molar-refractivity contribution in [1.29, 1.82) is 0 Å². The Morgan fingerprint density at radius 3 is 2.73 bits per heavy atom. The molecule has 0 unspecified atom stereocenters. The summed E-state index contributed by atoms with van der Waals surface area (Å²) in [5.41, 5.74) is 1.15. The molecular formula is C15H21ClN6. The molecule has 1 aromatic heterocycles. The molecule has 0 saturated carbocycles. The summed E-state index contributed by atoms with van der Waals surface area (Å²) in [7, 11) is 1.76. The van der Waals surface area contributed by atoms with E-state index in [0.29, 0.717) is 6.54 Å². The molecule has 0 aliphatic rings. The number of aromatic nitrogens is 3. The summed E-state index contributed by atoms with van der Waals surface area (Å²) < 4.78 is 2.04. The zero-order valence-corrected chi connectivity index (χ0v) is 13.6. The number of guanidine groups is 1. The van der Waals surface area contributed by atoms with Crippen LogP contribution in [0.15, 0.2) is 35.6 Å². The van der Waals surface area contributed by atoms with Crippen LogP contribution in [0.1, 0.15) is 18.3 Å². The van der Waals surface area contributed by atoms with E-state index >= 15 is 0 Å². The van der Waals surface area contributed by atoms with Gasteiger partial charge < -0.3 is 15.2 Å². The number of hydrogen-bond donors (Lipinski definition) is 2. The summed E-state index contributed by atoms with van der Waals surface area (Å²) in [6.45, 7) is 4.33. The van der Waals surface area contributed by atoms with Crippen molar-refractivity contribution < 1.29 is 0 Å². The van der Waals surface area contributed by atoms with E-state index in [0.717, 1.165) is 41.9 Å². The minimum atomic E-state index is 0.698. The molecule has 22 heavy (non-hydrogen) atoms. The fourth-order valence-corrected chi connectivity index (χ4v) is 2.17. The molecule has 7 heteroatoms. The van der Waals surface area contributed by atoms with E-state index in [4.69, 9.17) is 11.6 Å². The normalized spacial score (nSPS) is 11.5. The Balaban J connectivity index is 1.77. The van der Waals surface area contributed by atoms with Gasteiger partial charge in [0.05, 0.1) is 0 Å². The minimum Gasteiger partial charge on any atom is -0.355 e. The van der Waals surface area contributed by atoms with Crippen LogP contribution >= 0.6 is 11.6 Å². The Hall–Kier alpha value is -2.08. The van der Waals surface area contributed by atoms with Crippen molar-refractivity contribution in [2.24, 2.45) is 4.99 Å². The molecule has 0 radical (unpaired) electrons. The van der Waals surface area contributed by atoms with Gasteiger partial charge >= 0.3 is 0 Å². The topological polar surface area (TPSA) is 67.1 Å². The Morgan fingerprint density at radius 1 is 1.27 bits per heavy atom. The maximum atomic E-state index is 5.87. The van der Waals surface area contributed by atoms with Gasteiger partial charge in [0.25, 0.3) is 0 Å². The second-order valence-electron chi connectivity index (χ2n) is 4.77. The van der Waals surface area contributed by atoms with Crippen LogP contribution in [0.3, 0.4) is 0 Å². The lowest BCUT2D eigenvalue weighted by atomic mass is 10.2. The van der Waals surface area contributed by atoms with Crippen molar-refractivity contribution in [1.82, 2.24) is 25.4 Å². The number of aliphatic imine (C=N–C) groups is 1. The lowest BCUT2D eigenvalue weighted by molar-refractivity contribution is 0.632. The molecular weight excluding hydrogens is 300 g/mol. The van der Waals surface area contributed by atoms with E-state index < -0.39 is 0 Å². The van der Waals surface area contributed by atoms with E-state index in [9.17, 15) is 0 Å². The van der Waals surface area contributed by atoms with Crippen molar-refractivity contribution in [3.8, 4) is 0 Å². The third-order valence-corrected chi connectivity index (χ3v) is 3.51. The first-order chi connectivity index (χ1) is 10.7. The molecule has 0 atom stereocenters. The number of benzene rings is 1. The van der Waals surface area contributed by atoms with E-state index in [-0.39, 0.29) is 0 Å². The first-order valence-electron chi connectivity index (χ1n) is 7.28. The van der Waals surface area contributed by atoms with Crippen molar-refractivity contribution in [2.75, 3.05) is 13.6 Å². The predicted molar refractivity (Wildman–Crippen MR) is 89.1 cm³/mol. The average Bonchev–Trinajstić information content (AvgIpc) is 2.99. The second kappa shape index (κ2) is 8.38. The largest absolute Gasteiger partial charge is 0.355 e. The Labute approximate surface area is 135 Å². The fourth-order valence-electron chi connectivity index (χ4n) is 2.04. The smallest absolute Gasteiger partial charge is 0.191 e. The third-order valence-electron chi connectivity index (χ3n) is 3.25. The van der Waals surface area contributed by atoms with Crippen LogP contribution in [-0.2, 0) is 19.5 Å². The van der Waals surface area contributed by atoms with E-state index in [1.54, 1.807) is 13.4 Å². The van der Waals surface area contributed by atoms with Crippen molar-refractivity contribution in [2.45, 2.75) is 26.4 Å². The average molecular weight is 321 g/mol. The fraction of sp³-hybridized carbons (Fsp3) is 0.400. The van der Waals surface area contributed by atoms with Crippen LogP contribution in [-0.4, -0.2) is 34.3 Å². The number of nitrogens with one attached hydrogen (secondary N) is 2. The summed E-state index contributed by atoms with van der Waals surface area (Å²) in [5, 5.41) is 15.3. The standard InChI is InChI=1S/C15H21ClN6/c1-3-14-21-20-11-22(14)9-8-18-15(17-2)19-10-12-4-6-13(16)7-5-12/h4-7,11H,3,8-10H2,1-2H3,(H2,17,18,19). The highest BCUT2D eigenvalue weighted by Crippen LogP contribution is 2.08. The Morgan fingerprint density at radius 2 is 2.05 bits per heavy atom. The van der Waals surface area contributed by atoms with Gasteiger partial charge in [-0.05, 0) is 17.7 Å². The molecule has 118 valence electrons. The molecule has 0 spiro atoms. The van der Waals surface area contributed by atoms with E-state index in [1.165, 1.54) is 0 Å². The van der Waals surface area contributed by atoms with Gasteiger partial charge in [-0.3, -0.25) is 4.99 Å². The first kappa shape index (κ1) is 16.3. The summed E-state index contributed by atoms with van der Waals surface area (Å²) in [6.07, 6.45) is 2.63. The zero-order valence-electron chi connectivity index (χ0n) is 12.9. The van der Waals surface area contributed by atoms with Gasteiger partial charge in [0.15, 0.2) is 5.96 Å². The highest BCUT2D eigenvalue weighted by Gasteiger charge is 2.02. The quantitative estimate of drug-likeness (QED) is 0.630. The minimum absolute atomic E-state index is 0.698. The molecule has 0 aliphatic heterocycles. The van der Waals surface area contributed by atoms with Gasteiger partial charge in [-0.15, -0.1) is 10.2 Å². The maximum absolute atomic E-state index is 5.87. The van der Waals surface area contributed by atoms with Crippen molar-refractivity contribution in [3.05, 3.63) is 47.0 Å². The molecule has 1 heterocycles. The molecule has 1 aromatic carbocycles. The number of nitrogens with zero attached hydrogens (tertiary/aromatic N) is 4. The molecule has 2 N–H and O–H groups in total. The van der Waals surface area contributed by atoms with Gasteiger partial charge in [-0.2, -0.15) is 0 Å². The molecule has 0 bridgehead atoms. The lowest BCUT2D eigenvalue weighted by Crippen LogP contribution is -2.38. The van der Waals surface area contributed by atoms with Gasteiger partial charge in [0, 0.05) is 38.1 Å². The van der Waals surface area contributed by atoms with Crippen LogP contribution in [0.2, 0.25) is 5.02 Å². The summed E-state index contributed by atoms with van der Waals surface area (Å²) in [4.78, 5) is 4.21. The summed E-state index contributed by atoms with van der Waals surface area (Å²) >= 11 is 5.87. The number of hydrogen-bond acceptors (Lipinski definition) is 3. The molecule has 0 amide bonds. The molecule has 0 saturated heterocycles. The molecule has 0 aliphatic carbocycles. The van der Waals surface area contributed by atoms with Crippen LogP contribution < -0.4 is 10.6 Å². The van der Waals surface area contributed by atoms with Crippen molar-refractivity contribution in [3.63, 3.8) is 0 Å². The zero-order chi connectivity index (χ0) is 15.8. The number of halogens is 1. The monoisotopic (exact) mass is 320 g/mol. The SMILES string of the molecule is CCc1nncn1CCNC(=NC)NCc1ccc(Cl)cc1. The molecule has 6 nitrogen and oxygen atoms in total. The third kappa shape index (κ3) is 4.73. The maximum Gasteiger partial charge on any atom is 0.191 e. The summed E-state index contributed by atoms with van der Waals surface area (Å²) in [5.74, 6) is 1.76.